The molecule has 8 nitrogen and oxygen atoms in total. The number of nitro groups is 1. The maximum absolute atomic E-state index is 10.8. The summed E-state index contributed by atoms with van der Waals surface area (Å²) in [6.45, 7) is 0.603. The average molecular weight is 327 g/mol. The summed E-state index contributed by atoms with van der Waals surface area (Å²) in [5, 5.41) is 27.5. The molecule has 1 N–H and O–H groups in total. The van der Waals surface area contributed by atoms with E-state index in [1.807, 2.05) is 19.3 Å². The lowest BCUT2D eigenvalue weighted by atomic mass is 9.99. The zero-order valence-corrected chi connectivity index (χ0v) is 13.2. The second kappa shape index (κ2) is 6.68. The van der Waals surface area contributed by atoms with Crippen LogP contribution in [0.15, 0.2) is 30.6 Å². The van der Waals surface area contributed by atoms with E-state index in [1.165, 1.54) is 12.1 Å². The zero-order valence-electron chi connectivity index (χ0n) is 13.2. The molecule has 2 unspecified atom stereocenters. The summed E-state index contributed by atoms with van der Waals surface area (Å²) in [6.07, 6.45) is 5.22. The molecule has 0 spiro atoms. The van der Waals surface area contributed by atoms with Crippen molar-refractivity contribution in [3.63, 3.8) is 0 Å². The van der Waals surface area contributed by atoms with Gasteiger partial charge in [-0.2, -0.15) is 10.4 Å². The van der Waals surface area contributed by atoms with E-state index in [0.717, 1.165) is 18.4 Å². The topological polar surface area (TPSA) is 106 Å². The number of non-ortho nitro benzene ring substituents is 1. The molecule has 1 aliphatic heterocycles. The molecule has 1 aromatic heterocycles. The zero-order chi connectivity index (χ0) is 17.1. The molecule has 0 bridgehead atoms. The normalized spacial score (nSPS) is 20.3. The van der Waals surface area contributed by atoms with Gasteiger partial charge in [-0.25, -0.2) is 0 Å². The quantitative estimate of drug-likeness (QED) is 0.683. The van der Waals surface area contributed by atoms with Crippen molar-refractivity contribution in [3.05, 3.63) is 51.8 Å². The highest BCUT2D eigenvalue weighted by Crippen LogP contribution is 2.30. The van der Waals surface area contributed by atoms with Crippen molar-refractivity contribution in [1.29, 1.82) is 5.26 Å². The molecule has 1 aromatic carbocycles. The molecule has 1 fully saturated rings. The Hall–Kier alpha value is -2.92. The van der Waals surface area contributed by atoms with Crippen LogP contribution in [0.25, 0.3) is 0 Å². The van der Waals surface area contributed by atoms with E-state index >= 15 is 0 Å². The second-order valence-electron chi connectivity index (χ2n) is 5.77. The lowest BCUT2D eigenvalue weighted by Crippen LogP contribution is -2.30. The van der Waals surface area contributed by atoms with Crippen LogP contribution in [0.1, 0.15) is 30.1 Å². The standard InChI is InChI=1S/C16H17N5O3/c1-20-10-12(9-18-20)16-7-13(4-5-24-16)19-15-3-2-14(21(22)23)6-11(15)8-17/h2-3,6,9-10,13,16,19H,4-5,7H2,1H3. The van der Waals surface area contributed by atoms with E-state index in [-0.39, 0.29) is 23.4 Å². The van der Waals surface area contributed by atoms with Crippen LogP contribution in [0.3, 0.4) is 0 Å². The number of hydrogen-bond donors (Lipinski definition) is 1. The van der Waals surface area contributed by atoms with Crippen molar-refractivity contribution < 1.29 is 9.66 Å². The number of hydrogen-bond acceptors (Lipinski definition) is 6. The Balaban J connectivity index is 1.74. The third-order valence-corrected chi connectivity index (χ3v) is 4.07. The van der Waals surface area contributed by atoms with Crippen molar-refractivity contribution in [2.75, 3.05) is 11.9 Å². The van der Waals surface area contributed by atoms with E-state index in [0.29, 0.717) is 12.3 Å². The molecule has 24 heavy (non-hydrogen) atoms. The fourth-order valence-electron chi connectivity index (χ4n) is 2.85. The van der Waals surface area contributed by atoms with Crippen molar-refractivity contribution in [1.82, 2.24) is 9.78 Å². The first-order chi connectivity index (χ1) is 11.6. The first kappa shape index (κ1) is 16.0. The fraction of sp³-hybridized carbons (Fsp3) is 0.375. The number of nitrogens with zero attached hydrogens (tertiary/aromatic N) is 4. The Morgan fingerprint density at radius 1 is 1.54 bits per heavy atom. The van der Waals surface area contributed by atoms with Gasteiger partial charge in [0.1, 0.15) is 6.07 Å². The molecule has 2 atom stereocenters. The van der Waals surface area contributed by atoms with Gasteiger partial charge in [0.25, 0.3) is 5.69 Å². The third kappa shape index (κ3) is 3.36. The van der Waals surface area contributed by atoms with Gasteiger partial charge >= 0.3 is 0 Å². The van der Waals surface area contributed by atoms with Crippen LogP contribution in [0, 0.1) is 21.4 Å². The maximum Gasteiger partial charge on any atom is 0.270 e. The predicted molar refractivity (Wildman–Crippen MR) is 86.4 cm³/mol. The van der Waals surface area contributed by atoms with E-state index in [1.54, 1.807) is 16.9 Å². The Bertz CT molecular complexity index is 795. The van der Waals surface area contributed by atoms with Gasteiger partial charge in [0.15, 0.2) is 0 Å². The summed E-state index contributed by atoms with van der Waals surface area (Å²) in [4.78, 5) is 10.3. The first-order valence-corrected chi connectivity index (χ1v) is 7.62. The first-order valence-electron chi connectivity index (χ1n) is 7.62. The Kier molecular flexibility index (Phi) is 4.44. The minimum absolute atomic E-state index is 0.0477. The van der Waals surface area contributed by atoms with Crippen molar-refractivity contribution >= 4 is 11.4 Å². The van der Waals surface area contributed by atoms with Crippen molar-refractivity contribution in [2.45, 2.75) is 25.0 Å². The Labute approximate surface area is 138 Å². The van der Waals surface area contributed by atoms with Crippen LogP contribution in [-0.2, 0) is 11.8 Å². The predicted octanol–water partition coefficient (Wildman–Crippen LogP) is 2.53. The number of benzene rings is 1. The summed E-state index contributed by atoms with van der Waals surface area (Å²) >= 11 is 0. The molecule has 2 heterocycles. The maximum atomic E-state index is 10.8. The number of nitrogens with one attached hydrogen (secondary N) is 1. The molecular formula is C16H17N5O3. The molecule has 0 saturated carbocycles. The van der Waals surface area contributed by atoms with Crippen LogP contribution in [0.4, 0.5) is 11.4 Å². The Morgan fingerprint density at radius 3 is 3.04 bits per heavy atom. The summed E-state index contributed by atoms with van der Waals surface area (Å²) in [6, 6.07) is 6.42. The van der Waals surface area contributed by atoms with Gasteiger partial charge in [-0.15, -0.1) is 0 Å². The van der Waals surface area contributed by atoms with Gasteiger partial charge < -0.3 is 10.1 Å². The van der Waals surface area contributed by atoms with Gasteiger partial charge in [0, 0.05) is 43.6 Å². The van der Waals surface area contributed by atoms with Crippen molar-refractivity contribution in [2.24, 2.45) is 7.05 Å². The van der Waals surface area contributed by atoms with Crippen LogP contribution >= 0.6 is 0 Å². The van der Waals surface area contributed by atoms with Crippen molar-refractivity contribution in [3.8, 4) is 6.07 Å². The average Bonchev–Trinajstić information content (AvgIpc) is 3.02. The smallest absolute Gasteiger partial charge is 0.270 e. The van der Waals surface area contributed by atoms with E-state index < -0.39 is 4.92 Å². The number of ether oxygens (including phenoxy) is 1. The highest BCUT2D eigenvalue weighted by atomic mass is 16.6. The Morgan fingerprint density at radius 2 is 2.38 bits per heavy atom. The number of nitro benzene ring substituents is 1. The van der Waals surface area contributed by atoms with Crippen LogP contribution in [-0.4, -0.2) is 27.4 Å². The van der Waals surface area contributed by atoms with Crippen LogP contribution in [0.2, 0.25) is 0 Å². The molecule has 0 amide bonds. The molecule has 8 heteroatoms. The molecular weight excluding hydrogens is 310 g/mol. The summed E-state index contributed by atoms with van der Waals surface area (Å²) < 4.78 is 7.54. The lowest BCUT2D eigenvalue weighted by Gasteiger charge is -2.30. The van der Waals surface area contributed by atoms with Gasteiger partial charge in [0.2, 0.25) is 0 Å². The monoisotopic (exact) mass is 327 g/mol. The third-order valence-electron chi connectivity index (χ3n) is 4.07. The van der Waals surface area contributed by atoms with Crippen LogP contribution in [0.5, 0.6) is 0 Å². The van der Waals surface area contributed by atoms with Gasteiger partial charge in [-0.05, 0) is 18.9 Å². The second-order valence-corrected chi connectivity index (χ2v) is 5.77. The summed E-state index contributed by atoms with van der Waals surface area (Å²) in [5.74, 6) is 0. The van der Waals surface area contributed by atoms with E-state index in [4.69, 9.17) is 4.74 Å². The summed E-state index contributed by atoms with van der Waals surface area (Å²) in [7, 11) is 1.86. The van der Waals surface area contributed by atoms with E-state index in [9.17, 15) is 15.4 Å². The fourth-order valence-corrected chi connectivity index (χ4v) is 2.85. The number of rotatable bonds is 4. The molecule has 124 valence electrons. The minimum Gasteiger partial charge on any atom is -0.381 e. The number of nitriles is 1. The molecule has 1 saturated heterocycles. The summed E-state index contributed by atoms with van der Waals surface area (Å²) in [5.41, 5.74) is 1.82. The molecule has 3 rings (SSSR count). The van der Waals surface area contributed by atoms with Gasteiger partial charge in [-0.3, -0.25) is 14.8 Å². The lowest BCUT2D eigenvalue weighted by molar-refractivity contribution is -0.384. The number of aromatic nitrogens is 2. The molecule has 0 aliphatic carbocycles. The highest BCUT2D eigenvalue weighted by molar-refractivity contribution is 5.61. The van der Waals surface area contributed by atoms with Gasteiger partial charge in [-0.1, -0.05) is 0 Å². The molecule has 0 radical (unpaired) electrons. The SMILES string of the molecule is Cn1cc(C2CC(Nc3ccc([N+](=O)[O-])cc3C#N)CCO2)cn1. The number of anilines is 1. The van der Waals surface area contributed by atoms with Crippen LogP contribution < -0.4 is 5.32 Å². The largest absolute Gasteiger partial charge is 0.381 e. The van der Waals surface area contributed by atoms with Gasteiger partial charge in [0.05, 0.1) is 28.5 Å². The highest BCUT2D eigenvalue weighted by Gasteiger charge is 2.25. The minimum atomic E-state index is -0.502. The molecule has 2 aromatic rings. The molecule has 1 aliphatic rings. The number of aryl methyl sites for hydroxylation is 1. The van der Waals surface area contributed by atoms with E-state index in [2.05, 4.69) is 10.4 Å².